The Bertz CT molecular complexity index is 721. The highest BCUT2D eigenvalue weighted by Crippen LogP contribution is 2.15. The molecule has 0 aromatic heterocycles. The molecule has 2 aromatic rings. The van der Waals surface area contributed by atoms with Gasteiger partial charge < -0.3 is 14.8 Å². The Labute approximate surface area is 152 Å². The van der Waals surface area contributed by atoms with Crippen LogP contribution in [0.5, 0.6) is 5.75 Å². The molecule has 2 aromatic carbocycles. The molecular weight excluding hydrogens is 337 g/mol. The third-order valence-corrected chi connectivity index (χ3v) is 3.66. The fourth-order valence-corrected chi connectivity index (χ4v) is 2.30. The van der Waals surface area contributed by atoms with Gasteiger partial charge in [0.15, 0.2) is 24.8 Å². The summed E-state index contributed by atoms with van der Waals surface area (Å²) in [7, 11) is 0. The van der Waals surface area contributed by atoms with Crippen molar-refractivity contribution in [2.45, 2.75) is 25.8 Å². The van der Waals surface area contributed by atoms with Crippen molar-refractivity contribution >= 4 is 11.9 Å². The number of carbonyl (C=O) groups is 2. The Morgan fingerprint density at radius 2 is 1.73 bits per heavy atom. The molecule has 5 nitrogen and oxygen atoms in total. The van der Waals surface area contributed by atoms with Crippen molar-refractivity contribution in [2.24, 2.45) is 0 Å². The summed E-state index contributed by atoms with van der Waals surface area (Å²) in [5.41, 5.74) is 1.20. The average Bonchev–Trinajstić information content (AvgIpc) is 2.65. The minimum absolute atomic E-state index is 0.0385. The highest BCUT2D eigenvalue weighted by Gasteiger charge is 2.12. The molecule has 0 aliphatic heterocycles. The quantitative estimate of drug-likeness (QED) is 0.699. The molecule has 0 spiro atoms. The minimum Gasteiger partial charge on any atom is -0.479 e. The lowest BCUT2D eigenvalue weighted by molar-refractivity contribution is -0.150. The van der Waals surface area contributed by atoms with Gasteiger partial charge in [0.2, 0.25) is 0 Å². The predicted molar refractivity (Wildman–Crippen MR) is 95.2 cm³/mol. The van der Waals surface area contributed by atoms with Crippen LogP contribution in [0.2, 0.25) is 0 Å². The van der Waals surface area contributed by atoms with Crippen LogP contribution in [0.1, 0.15) is 18.9 Å². The maximum atomic E-state index is 13.4. The molecule has 0 aliphatic rings. The van der Waals surface area contributed by atoms with E-state index in [-0.39, 0.29) is 17.7 Å². The van der Waals surface area contributed by atoms with E-state index in [0.29, 0.717) is 0 Å². The highest BCUT2D eigenvalue weighted by molar-refractivity contribution is 5.81. The van der Waals surface area contributed by atoms with Crippen molar-refractivity contribution < 1.29 is 23.5 Å². The Morgan fingerprint density at radius 3 is 2.46 bits per heavy atom. The second kappa shape index (κ2) is 10.2. The van der Waals surface area contributed by atoms with E-state index < -0.39 is 25.0 Å². The largest absolute Gasteiger partial charge is 0.479 e. The molecule has 1 amide bonds. The third-order valence-electron chi connectivity index (χ3n) is 3.66. The summed E-state index contributed by atoms with van der Waals surface area (Å²) in [4.78, 5) is 23.4. The van der Waals surface area contributed by atoms with E-state index in [2.05, 4.69) is 5.32 Å². The SMILES string of the molecule is C[C@@H](CCc1ccccc1)NC(=O)COC(=O)COc1ccccc1F. The number of carbonyl (C=O) groups excluding carboxylic acids is 2. The van der Waals surface area contributed by atoms with Gasteiger partial charge in [0, 0.05) is 6.04 Å². The van der Waals surface area contributed by atoms with Gasteiger partial charge in [-0.15, -0.1) is 0 Å². The number of aryl methyl sites for hydroxylation is 1. The summed E-state index contributed by atoms with van der Waals surface area (Å²) in [5.74, 6) is -1.72. The number of hydrogen-bond acceptors (Lipinski definition) is 4. The topological polar surface area (TPSA) is 64.6 Å². The molecule has 1 N–H and O–H groups in total. The Hall–Kier alpha value is -2.89. The minimum atomic E-state index is -0.736. The Morgan fingerprint density at radius 1 is 1.04 bits per heavy atom. The van der Waals surface area contributed by atoms with E-state index in [9.17, 15) is 14.0 Å². The van der Waals surface area contributed by atoms with Crippen LogP contribution in [0.3, 0.4) is 0 Å². The van der Waals surface area contributed by atoms with Gasteiger partial charge >= 0.3 is 5.97 Å². The summed E-state index contributed by atoms with van der Waals surface area (Å²) in [6.45, 7) is 1.04. The molecule has 0 fully saturated rings. The molecule has 0 saturated heterocycles. The number of nitrogens with one attached hydrogen (secondary N) is 1. The number of benzene rings is 2. The zero-order valence-electron chi connectivity index (χ0n) is 14.6. The van der Waals surface area contributed by atoms with Crippen LogP contribution in [-0.2, 0) is 20.7 Å². The third kappa shape index (κ3) is 6.93. The lowest BCUT2D eigenvalue weighted by Gasteiger charge is -2.14. The van der Waals surface area contributed by atoms with Crippen molar-refractivity contribution in [1.82, 2.24) is 5.32 Å². The Balaban J connectivity index is 1.63. The molecule has 0 bridgehead atoms. The summed E-state index contributed by atoms with van der Waals surface area (Å²) < 4.78 is 23.2. The van der Waals surface area contributed by atoms with Crippen molar-refractivity contribution in [3.63, 3.8) is 0 Å². The predicted octanol–water partition coefficient (Wildman–Crippen LogP) is 2.89. The van der Waals surface area contributed by atoms with Gasteiger partial charge in [-0.1, -0.05) is 42.5 Å². The molecule has 0 radical (unpaired) electrons. The first-order valence-electron chi connectivity index (χ1n) is 8.41. The van der Waals surface area contributed by atoms with Crippen molar-refractivity contribution in [3.8, 4) is 5.75 Å². The van der Waals surface area contributed by atoms with Gasteiger partial charge in [-0.2, -0.15) is 0 Å². The molecular formula is C20H22FNO4. The average molecular weight is 359 g/mol. The first-order chi connectivity index (χ1) is 12.5. The van der Waals surface area contributed by atoms with Crippen molar-refractivity contribution in [1.29, 1.82) is 0 Å². The molecule has 26 heavy (non-hydrogen) atoms. The second-order valence-electron chi connectivity index (χ2n) is 5.87. The zero-order valence-corrected chi connectivity index (χ0v) is 14.6. The number of ether oxygens (including phenoxy) is 2. The number of rotatable bonds is 9. The van der Waals surface area contributed by atoms with E-state index in [1.807, 2.05) is 37.3 Å². The summed E-state index contributed by atoms with van der Waals surface area (Å²) >= 11 is 0. The molecule has 0 aliphatic carbocycles. The molecule has 0 saturated carbocycles. The van der Waals surface area contributed by atoms with Crippen LogP contribution >= 0.6 is 0 Å². The summed E-state index contributed by atoms with van der Waals surface area (Å²) in [6, 6.07) is 15.7. The van der Waals surface area contributed by atoms with Crippen LogP contribution in [-0.4, -0.2) is 31.1 Å². The number of para-hydroxylation sites is 1. The number of amides is 1. The fourth-order valence-electron chi connectivity index (χ4n) is 2.30. The van der Waals surface area contributed by atoms with E-state index in [1.165, 1.54) is 23.8 Å². The van der Waals surface area contributed by atoms with Gasteiger partial charge in [0.05, 0.1) is 0 Å². The summed E-state index contributed by atoms with van der Waals surface area (Å²) in [6.07, 6.45) is 1.62. The first-order valence-corrected chi connectivity index (χ1v) is 8.41. The molecule has 138 valence electrons. The Kier molecular flexibility index (Phi) is 7.61. The van der Waals surface area contributed by atoms with E-state index >= 15 is 0 Å². The van der Waals surface area contributed by atoms with Crippen LogP contribution < -0.4 is 10.1 Å². The summed E-state index contributed by atoms with van der Waals surface area (Å²) in [5, 5.41) is 2.77. The van der Waals surface area contributed by atoms with Crippen LogP contribution in [0, 0.1) is 5.82 Å². The van der Waals surface area contributed by atoms with Crippen LogP contribution in [0.15, 0.2) is 54.6 Å². The molecule has 1 atom stereocenters. The first kappa shape index (κ1) is 19.4. The maximum absolute atomic E-state index is 13.4. The molecule has 0 unspecified atom stereocenters. The molecule has 2 rings (SSSR count). The smallest absolute Gasteiger partial charge is 0.344 e. The lowest BCUT2D eigenvalue weighted by atomic mass is 10.1. The monoisotopic (exact) mass is 359 g/mol. The maximum Gasteiger partial charge on any atom is 0.344 e. The van der Waals surface area contributed by atoms with Gasteiger partial charge in [0.1, 0.15) is 0 Å². The van der Waals surface area contributed by atoms with Crippen molar-refractivity contribution in [3.05, 3.63) is 66.0 Å². The fraction of sp³-hybridized carbons (Fsp3) is 0.300. The number of esters is 1. The van der Waals surface area contributed by atoms with Gasteiger partial charge in [-0.05, 0) is 37.5 Å². The number of hydrogen-bond donors (Lipinski definition) is 1. The van der Waals surface area contributed by atoms with E-state index in [4.69, 9.17) is 9.47 Å². The lowest BCUT2D eigenvalue weighted by Crippen LogP contribution is -2.36. The second-order valence-corrected chi connectivity index (χ2v) is 5.87. The standard InChI is InChI=1S/C20H22FNO4/c1-15(11-12-16-7-3-2-4-8-16)22-19(23)13-26-20(24)14-25-18-10-6-5-9-17(18)21/h2-10,15H,11-14H2,1H3,(H,22,23)/t15-/m0/s1. The van der Waals surface area contributed by atoms with E-state index in [0.717, 1.165) is 12.8 Å². The number of halogens is 1. The molecule has 6 heteroatoms. The van der Waals surface area contributed by atoms with Crippen molar-refractivity contribution in [2.75, 3.05) is 13.2 Å². The molecule has 0 heterocycles. The highest BCUT2D eigenvalue weighted by atomic mass is 19.1. The van der Waals surface area contributed by atoms with Crippen LogP contribution in [0.25, 0.3) is 0 Å². The van der Waals surface area contributed by atoms with Gasteiger partial charge in [-0.25, -0.2) is 9.18 Å². The zero-order chi connectivity index (χ0) is 18.8. The van der Waals surface area contributed by atoms with E-state index in [1.54, 1.807) is 6.07 Å². The normalized spacial score (nSPS) is 11.5. The van der Waals surface area contributed by atoms with Gasteiger partial charge in [-0.3, -0.25) is 4.79 Å². The van der Waals surface area contributed by atoms with Gasteiger partial charge in [0.25, 0.3) is 5.91 Å². The van der Waals surface area contributed by atoms with Crippen LogP contribution in [0.4, 0.5) is 4.39 Å².